The maximum Gasteiger partial charge on any atom is 0.161 e. The molecule has 2 aromatic rings. The lowest BCUT2D eigenvalue weighted by molar-refractivity contribution is 0.373. The highest BCUT2D eigenvalue weighted by Crippen LogP contribution is 2.36. The van der Waals surface area contributed by atoms with E-state index in [1.54, 1.807) is 32.4 Å². The highest BCUT2D eigenvalue weighted by atomic mass is 35.5. The fourth-order valence-electron chi connectivity index (χ4n) is 1.98. The zero-order valence-electron chi connectivity index (χ0n) is 12.6. The topological polar surface area (TPSA) is 47.9 Å². The Kier molecular flexibility index (Phi) is 5.17. The fourth-order valence-corrected chi connectivity index (χ4v) is 2.24. The van der Waals surface area contributed by atoms with Crippen molar-refractivity contribution in [3.63, 3.8) is 0 Å². The summed E-state index contributed by atoms with van der Waals surface area (Å²) < 4.78 is 15.6. The Balaban J connectivity index is 2.33. The van der Waals surface area contributed by atoms with E-state index < -0.39 is 0 Å². The molecule has 0 aromatic heterocycles. The summed E-state index contributed by atoms with van der Waals surface area (Å²) >= 11 is 6.14. The standard InChI is InChI=1S/C17H17ClO4/c1-20-14-8-11(6-7-13(14)19)4-5-12-9-15(21-2)17(18)16(10-12)22-3/h4-10,19H,1-3H3. The molecule has 2 aromatic carbocycles. The number of benzene rings is 2. The van der Waals surface area contributed by atoms with E-state index in [-0.39, 0.29) is 5.75 Å². The Morgan fingerprint density at radius 1 is 0.818 bits per heavy atom. The second kappa shape index (κ2) is 7.09. The van der Waals surface area contributed by atoms with E-state index in [1.165, 1.54) is 7.11 Å². The number of ether oxygens (including phenoxy) is 3. The molecular weight excluding hydrogens is 304 g/mol. The molecule has 5 heteroatoms. The van der Waals surface area contributed by atoms with E-state index in [1.807, 2.05) is 24.3 Å². The maximum atomic E-state index is 9.59. The Morgan fingerprint density at radius 2 is 1.32 bits per heavy atom. The molecular formula is C17H17ClO4. The second-order valence-corrected chi connectivity index (χ2v) is 4.88. The first-order chi connectivity index (χ1) is 10.6. The molecule has 0 unspecified atom stereocenters. The van der Waals surface area contributed by atoms with Crippen LogP contribution in [0.5, 0.6) is 23.0 Å². The van der Waals surface area contributed by atoms with Crippen LogP contribution in [0.2, 0.25) is 5.02 Å². The first-order valence-corrected chi connectivity index (χ1v) is 6.93. The SMILES string of the molecule is COc1cc(C=Cc2cc(OC)c(Cl)c(OC)c2)ccc1O. The normalized spacial score (nSPS) is 10.7. The van der Waals surface area contributed by atoms with Crippen LogP contribution >= 0.6 is 11.6 Å². The lowest BCUT2D eigenvalue weighted by atomic mass is 10.1. The van der Waals surface area contributed by atoms with Crippen LogP contribution in [0.1, 0.15) is 11.1 Å². The summed E-state index contributed by atoms with van der Waals surface area (Å²) in [5.41, 5.74) is 1.77. The van der Waals surface area contributed by atoms with Crippen LogP contribution < -0.4 is 14.2 Å². The van der Waals surface area contributed by atoms with Gasteiger partial charge in [0.25, 0.3) is 0 Å². The molecule has 0 radical (unpaired) electrons. The van der Waals surface area contributed by atoms with Gasteiger partial charge in [0.05, 0.1) is 21.3 Å². The van der Waals surface area contributed by atoms with Crippen LogP contribution in [-0.4, -0.2) is 26.4 Å². The average Bonchev–Trinajstić information content (AvgIpc) is 2.54. The summed E-state index contributed by atoms with van der Waals surface area (Å²) in [6.07, 6.45) is 3.79. The predicted octanol–water partition coefficient (Wildman–Crippen LogP) is 4.24. The molecule has 4 nitrogen and oxygen atoms in total. The van der Waals surface area contributed by atoms with E-state index in [0.717, 1.165) is 11.1 Å². The van der Waals surface area contributed by atoms with Crippen molar-refractivity contribution in [3.8, 4) is 23.0 Å². The first-order valence-electron chi connectivity index (χ1n) is 6.55. The van der Waals surface area contributed by atoms with Gasteiger partial charge in [-0.1, -0.05) is 29.8 Å². The number of halogens is 1. The maximum absolute atomic E-state index is 9.59. The highest BCUT2D eigenvalue weighted by molar-refractivity contribution is 6.33. The smallest absolute Gasteiger partial charge is 0.161 e. The van der Waals surface area contributed by atoms with Crippen molar-refractivity contribution in [1.29, 1.82) is 0 Å². The highest BCUT2D eigenvalue weighted by Gasteiger charge is 2.09. The molecule has 0 saturated heterocycles. The van der Waals surface area contributed by atoms with E-state index in [9.17, 15) is 5.11 Å². The predicted molar refractivity (Wildman–Crippen MR) is 88.1 cm³/mol. The number of aromatic hydroxyl groups is 1. The summed E-state index contributed by atoms with van der Waals surface area (Å²) in [6.45, 7) is 0. The van der Waals surface area contributed by atoms with Gasteiger partial charge in [0, 0.05) is 0 Å². The van der Waals surface area contributed by atoms with Crippen molar-refractivity contribution in [1.82, 2.24) is 0 Å². The summed E-state index contributed by atoms with van der Waals surface area (Å²) in [5.74, 6) is 1.62. The number of methoxy groups -OCH3 is 3. The third kappa shape index (κ3) is 3.46. The van der Waals surface area contributed by atoms with Crippen molar-refractivity contribution in [2.75, 3.05) is 21.3 Å². The number of hydrogen-bond donors (Lipinski definition) is 1. The van der Waals surface area contributed by atoms with Crippen LogP contribution in [0.25, 0.3) is 12.2 Å². The number of hydrogen-bond acceptors (Lipinski definition) is 4. The van der Waals surface area contributed by atoms with Gasteiger partial charge < -0.3 is 19.3 Å². The third-order valence-corrected chi connectivity index (χ3v) is 3.51. The molecule has 0 aliphatic rings. The zero-order chi connectivity index (χ0) is 16.1. The lowest BCUT2D eigenvalue weighted by Gasteiger charge is -2.09. The van der Waals surface area contributed by atoms with Crippen LogP contribution in [-0.2, 0) is 0 Å². The quantitative estimate of drug-likeness (QED) is 0.837. The van der Waals surface area contributed by atoms with E-state index in [0.29, 0.717) is 22.3 Å². The monoisotopic (exact) mass is 320 g/mol. The van der Waals surface area contributed by atoms with E-state index in [4.69, 9.17) is 25.8 Å². The van der Waals surface area contributed by atoms with Crippen molar-refractivity contribution in [3.05, 3.63) is 46.5 Å². The summed E-state index contributed by atoms with van der Waals surface area (Å²) in [5, 5.41) is 10.0. The minimum absolute atomic E-state index is 0.106. The molecule has 1 N–H and O–H groups in total. The summed E-state index contributed by atoms with van der Waals surface area (Å²) in [7, 11) is 4.62. The molecule has 0 saturated carbocycles. The molecule has 22 heavy (non-hydrogen) atoms. The number of rotatable bonds is 5. The van der Waals surface area contributed by atoms with Gasteiger partial charge in [-0.3, -0.25) is 0 Å². The number of phenols is 1. The number of phenolic OH excluding ortho intramolecular Hbond substituents is 1. The minimum atomic E-state index is 0.106. The fraction of sp³-hybridized carbons (Fsp3) is 0.176. The van der Waals surface area contributed by atoms with Crippen LogP contribution in [0, 0.1) is 0 Å². The van der Waals surface area contributed by atoms with Crippen LogP contribution in [0.3, 0.4) is 0 Å². The van der Waals surface area contributed by atoms with Gasteiger partial charge in [0.2, 0.25) is 0 Å². The summed E-state index contributed by atoms with van der Waals surface area (Å²) in [4.78, 5) is 0. The van der Waals surface area contributed by atoms with E-state index in [2.05, 4.69) is 0 Å². The van der Waals surface area contributed by atoms with Crippen molar-refractivity contribution >= 4 is 23.8 Å². The lowest BCUT2D eigenvalue weighted by Crippen LogP contribution is -1.90. The first kappa shape index (κ1) is 16.0. The van der Waals surface area contributed by atoms with Gasteiger partial charge >= 0.3 is 0 Å². The van der Waals surface area contributed by atoms with Crippen molar-refractivity contribution in [2.45, 2.75) is 0 Å². The Morgan fingerprint density at radius 3 is 1.86 bits per heavy atom. The van der Waals surface area contributed by atoms with Gasteiger partial charge in [-0.05, 0) is 35.4 Å². The van der Waals surface area contributed by atoms with Gasteiger partial charge in [-0.15, -0.1) is 0 Å². The second-order valence-electron chi connectivity index (χ2n) is 4.50. The van der Waals surface area contributed by atoms with Crippen LogP contribution in [0.15, 0.2) is 30.3 Å². The molecule has 0 spiro atoms. The Labute approximate surface area is 134 Å². The molecule has 0 bridgehead atoms. The zero-order valence-corrected chi connectivity index (χ0v) is 13.3. The molecule has 0 atom stereocenters. The van der Waals surface area contributed by atoms with Gasteiger partial charge in [-0.2, -0.15) is 0 Å². The van der Waals surface area contributed by atoms with Gasteiger partial charge in [0.15, 0.2) is 11.5 Å². The van der Waals surface area contributed by atoms with Crippen LogP contribution in [0.4, 0.5) is 0 Å². The third-order valence-electron chi connectivity index (χ3n) is 3.14. The molecule has 0 aliphatic heterocycles. The molecule has 116 valence electrons. The van der Waals surface area contributed by atoms with Gasteiger partial charge in [0.1, 0.15) is 16.5 Å². The average molecular weight is 321 g/mol. The molecule has 0 fully saturated rings. The Hall–Kier alpha value is -2.33. The Bertz CT molecular complexity index is 670. The summed E-state index contributed by atoms with van der Waals surface area (Å²) in [6, 6.07) is 8.76. The molecule has 0 amide bonds. The molecule has 0 heterocycles. The van der Waals surface area contributed by atoms with E-state index >= 15 is 0 Å². The molecule has 0 aliphatic carbocycles. The molecule has 2 rings (SSSR count). The minimum Gasteiger partial charge on any atom is -0.504 e. The van der Waals surface area contributed by atoms with Crippen molar-refractivity contribution < 1.29 is 19.3 Å². The van der Waals surface area contributed by atoms with Gasteiger partial charge in [-0.25, -0.2) is 0 Å². The largest absolute Gasteiger partial charge is 0.504 e. The van der Waals surface area contributed by atoms with Crippen molar-refractivity contribution in [2.24, 2.45) is 0 Å².